The first-order chi connectivity index (χ1) is 12.0. The summed E-state index contributed by atoms with van der Waals surface area (Å²) < 4.78 is 10.0. The second kappa shape index (κ2) is 16.2. The van der Waals surface area contributed by atoms with E-state index in [1.807, 2.05) is 0 Å². The summed E-state index contributed by atoms with van der Waals surface area (Å²) in [4.78, 5) is 23.2. The number of unbranched alkanes of at least 4 members (excludes halogenated alkanes) is 9. The van der Waals surface area contributed by atoms with Crippen LogP contribution >= 0.6 is 12.6 Å². The lowest BCUT2D eigenvalue weighted by Crippen LogP contribution is -2.09. The van der Waals surface area contributed by atoms with Gasteiger partial charge in [-0.2, -0.15) is 12.6 Å². The third kappa shape index (κ3) is 13.7. The largest absolute Gasteiger partial charge is 0.462 e. The molecule has 144 valence electrons. The van der Waals surface area contributed by atoms with Gasteiger partial charge in [-0.15, -0.1) is 0 Å². The molecular formula is C20H34O4S. The van der Waals surface area contributed by atoms with Crippen LogP contribution in [0.1, 0.15) is 85.0 Å². The number of thiol groups is 1. The Morgan fingerprint density at radius 3 is 1.84 bits per heavy atom. The van der Waals surface area contributed by atoms with Crippen LogP contribution in [0.3, 0.4) is 0 Å². The maximum absolute atomic E-state index is 11.7. The van der Waals surface area contributed by atoms with Gasteiger partial charge in [-0.05, 0) is 25.7 Å². The summed E-state index contributed by atoms with van der Waals surface area (Å²) in [5.74, 6) is -0.979. The summed E-state index contributed by atoms with van der Waals surface area (Å²) in [6, 6.07) is 0. The third-order valence-corrected chi connectivity index (χ3v) is 4.30. The average Bonchev–Trinajstić information content (AvgIpc) is 2.62. The molecule has 5 heteroatoms. The molecule has 0 heterocycles. The van der Waals surface area contributed by atoms with E-state index in [-0.39, 0.29) is 5.57 Å². The van der Waals surface area contributed by atoms with E-state index >= 15 is 0 Å². The van der Waals surface area contributed by atoms with E-state index in [9.17, 15) is 9.59 Å². The summed E-state index contributed by atoms with van der Waals surface area (Å²) >= 11 is 3.87. The molecule has 25 heavy (non-hydrogen) atoms. The highest BCUT2D eigenvalue weighted by molar-refractivity contribution is 7.83. The van der Waals surface area contributed by atoms with Gasteiger partial charge in [0.2, 0.25) is 0 Å². The zero-order valence-electron chi connectivity index (χ0n) is 16.0. The smallest absolute Gasteiger partial charge is 0.339 e. The van der Waals surface area contributed by atoms with Crippen LogP contribution in [0.25, 0.3) is 0 Å². The van der Waals surface area contributed by atoms with Gasteiger partial charge >= 0.3 is 11.9 Å². The van der Waals surface area contributed by atoms with Crippen molar-refractivity contribution >= 4 is 24.6 Å². The Morgan fingerprint density at radius 2 is 1.32 bits per heavy atom. The minimum Gasteiger partial charge on any atom is -0.462 e. The monoisotopic (exact) mass is 370 g/mol. The van der Waals surface area contributed by atoms with Gasteiger partial charge in [0.1, 0.15) is 6.26 Å². The van der Waals surface area contributed by atoms with Crippen molar-refractivity contribution < 1.29 is 19.1 Å². The number of esters is 2. The van der Waals surface area contributed by atoms with Crippen molar-refractivity contribution in [2.24, 2.45) is 0 Å². The van der Waals surface area contributed by atoms with Gasteiger partial charge in [-0.3, -0.25) is 0 Å². The zero-order valence-corrected chi connectivity index (χ0v) is 16.9. The Hall–Kier alpha value is -1.23. The molecule has 0 radical (unpaired) electrons. The lowest BCUT2D eigenvalue weighted by molar-refractivity contribution is -0.139. The minimum absolute atomic E-state index is 0.271. The summed E-state index contributed by atoms with van der Waals surface area (Å²) in [5.41, 5.74) is 0.638. The average molecular weight is 371 g/mol. The molecule has 0 fully saturated rings. The number of hydrogen-bond acceptors (Lipinski definition) is 5. The normalized spacial score (nSPS) is 12.2. The van der Waals surface area contributed by atoms with Gasteiger partial charge in [0.25, 0.3) is 0 Å². The fraction of sp³-hybridized carbons (Fsp3) is 0.700. The number of hydrogen-bond donors (Lipinski definition) is 1. The zero-order chi connectivity index (χ0) is 18.9. The van der Waals surface area contributed by atoms with Gasteiger partial charge in [-0.1, -0.05) is 64.7 Å². The lowest BCUT2D eigenvalue weighted by Gasteiger charge is -2.06. The minimum atomic E-state index is -0.531. The van der Waals surface area contributed by atoms with Gasteiger partial charge in [0, 0.05) is 5.57 Å². The van der Waals surface area contributed by atoms with Crippen molar-refractivity contribution in [2.45, 2.75) is 85.0 Å². The summed E-state index contributed by atoms with van der Waals surface area (Å²) in [6.07, 6.45) is 13.5. The fourth-order valence-corrected chi connectivity index (χ4v) is 2.31. The molecule has 0 saturated heterocycles. The molecule has 0 aliphatic carbocycles. The second-order valence-corrected chi connectivity index (χ2v) is 6.59. The first kappa shape index (κ1) is 23.8. The SMILES string of the molecule is CCCCCCCCCCCCOC(=O)C(C)=COC(=O)C(C)=CS. The molecule has 0 aromatic heterocycles. The lowest BCUT2D eigenvalue weighted by atomic mass is 10.1. The number of carbonyl (C=O) groups is 2. The highest BCUT2D eigenvalue weighted by Gasteiger charge is 2.08. The number of carbonyl (C=O) groups excluding carboxylic acids is 2. The molecule has 0 saturated carbocycles. The molecule has 0 bridgehead atoms. The summed E-state index contributed by atoms with van der Waals surface area (Å²) in [5, 5.41) is 1.36. The van der Waals surface area contributed by atoms with E-state index in [2.05, 4.69) is 19.6 Å². The Bertz CT molecular complexity index is 441. The Labute approximate surface area is 158 Å². The van der Waals surface area contributed by atoms with Crippen LogP contribution in [0.4, 0.5) is 0 Å². The fourth-order valence-electron chi connectivity index (χ4n) is 2.20. The van der Waals surface area contributed by atoms with Crippen molar-refractivity contribution in [1.82, 2.24) is 0 Å². The van der Waals surface area contributed by atoms with Crippen molar-refractivity contribution in [2.75, 3.05) is 6.61 Å². The van der Waals surface area contributed by atoms with Gasteiger partial charge in [0.05, 0.1) is 12.2 Å². The molecule has 0 aliphatic rings. The van der Waals surface area contributed by atoms with Crippen LogP contribution in [-0.2, 0) is 19.1 Å². The van der Waals surface area contributed by atoms with Crippen molar-refractivity contribution in [3.05, 3.63) is 22.8 Å². The highest BCUT2D eigenvalue weighted by Crippen LogP contribution is 2.11. The van der Waals surface area contributed by atoms with Gasteiger partial charge in [0.15, 0.2) is 0 Å². The van der Waals surface area contributed by atoms with Crippen molar-refractivity contribution in [3.8, 4) is 0 Å². The quantitative estimate of drug-likeness (QED) is 0.139. The van der Waals surface area contributed by atoms with E-state index in [1.54, 1.807) is 13.8 Å². The van der Waals surface area contributed by atoms with E-state index in [1.165, 1.54) is 56.8 Å². The molecule has 0 rings (SSSR count). The van der Waals surface area contributed by atoms with E-state index in [0.717, 1.165) is 19.1 Å². The van der Waals surface area contributed by atoms with Crippen molar-refractivity contribution in [1.29, 1.82) is 0 Å². The maximum atomic E-state index is 11.7. The topological polar surface area (TPSA) is 52.6 Å². The molecule has 0 amide bonds. The van der Waals surface area contributed by atoms with Crippen molar-refractivity contribution in [3.63, 3.8) is 0 Å². The predicted octanol–water partition coefficient (Wildman–Crippen LogP) is 5.73. The first-order valence-electron chi connectivity index (χ1n) is 9.38. The second-order valence-electron chi connectivity index (χ2n) is 6.34. The van der Waals surface area contributed by atoms with Crippen LogP contribution in [-0.4, -0.2) is 18.5 Å². The molecule has 0 aromatic carbocycles. The first-order valence-corrected chi connectivity index (χ1v) is 9.90. The summed E-state index contributed by atoms with van der Waals surface area (Å²) in [6.45, 7) is 5.79. The maximum Gasteiger partial charge on any atom is 0.339 e. The molecule has 0 N–H and O–H groups in total. The summed E-state index contributed by atoms with van der Waals surface area (Å²) in [7, 11) is 0. The molecule has 4 nitrogen and oxygen atoms in total. The third-order valence-electron chi connectivity index (χ3n) is 3.91. The van der Waals surface area contributed by atoms with Crippen LogP contribution in [0.2, 0.25) is 0 Å². The highest BCUT2D eigenvalue weighted by atomic mass is 32.1. The van der Waals surface area contributed by atoms with Crippen LogP contribution in [0, 0.1) is 0 Å². The van der Waals surface area contributed by atoms with Crippen LogP contribution in [0.15, 0.2) is 22.8 Å². The Balaban J connectivity index is 3.64. The van der Waals surface area contributed by atoms with E-state index in [0.29, 0.717) is 12.2 Å². The van der Waals surface area contributed by atoms with Crippen LogP contribution in [0.5, 0.6) is 0 Å². The van der Waals surface area contributed by atoms with Gasteiger partial charge in [-0.25, -0.2) is 9.59 Å². The molecule has 0 aromatic rings. The predicted molar refractivity (Wildman–Crippen MR) is 105 cm³/mol. The van der Waals surface area contributed by atoms with Crippen LogP contribution < -0.4 is 0 Å². The van der Waals surface area contributed by atoms with Gasteiger partial charge < -0.3 is 9.47 Å². The Morgan fingerprint density at radius 1 is 0.800 bits per heavy atom. The molecule has 0 unspecified atom stereocenters. The van der Waals surface area contributed by atoms with E-state index < -0.39 is 11.9 Å². The number of rotatable bonds is 14. The standard InChI is InChI=1S/C20H34O4S/c1-4-5-6-7-8-9-10-11-12-13-14-23-19(21)17(2)15-24-20(22)18(3)16-25/h15-16,25H,4-14H2,1-3H3. The Kier molecular flexibility index (Phi) is 15.5. The molecular weight excluding hydrogens is 336 g/mol. The molecule has 0 atom stereocenters. The molecule has 0 spiro atoms. The van der Waals surface area contributed by atoms with E-state index in [4.69, 9.17) is 9.47 Å². The number of ether oxygens (including phenoxy) is 2. The molecule has 0 aliphatic heterocycles.